The second-order valence-electron chi connectivity index (χ2n) is 8.89. The Morgan fingerprint density at radius 2 is 1.95 bits per heavy atom. The molecule has 2 aromatic carbocycles. The minimum Gasteiger partial charge on any atom is -0.356 e. The normalized spacial score (nSPS) is 14.5. The number of benzene rings is 2. The topological polar surface area (TPSA) is 152 Å². The molecule has 0 saturated heterocycles. The minimum absolute atomic E-state index is 0.110. The van der Waals surface area contributed by atoms with Crippen molar-refractivity contribution in [2.75, 3.05) is 0 Å². The highest BCUT2D eigenvalue weighted by atomic mass is 16.5. The van der Waals surface area contributed by atoms with Gasteiger partial charge in [0.05, 0.1) is 12.2 Å². The van der Waals surface area contributed by atoms with Crippen molar-refractivity contribution in [1.29, 1.82) is 0 Å². The van der Waals surface area contributed by atoms with Gasteiger partial charge < -0.3 is 15.2 Å². The number of fused-ring (bicyclic) bond motifs is 2. The standard InChI is InChI=1S/C26H22N8O3/c1-14-31-24(34-33-14)17-4-6-19-16(9-17)5-7-20(19)32-26(36)22-10-21(28-13-29-22)25(35)27-11-15-2-3-18-12-30-37-23(18)8-15/h2-4,6,8-10,12-13,20H,5,7,11H2,1H3,(H,27,35)(H,32,36)(H,31,33,34)/t20-/m1/s1. The number of amides is 2. The van der Waals surface area contributed by atoms with E-state index in [1.807, 2.05) is 37.3 Å². The monoisotopic (exact) mass is 494 g/mol. The molecule has 0 radical (unpaired) electrons. The van der Waals surface area contributed by atoms with Crippen LogP contribution in [0.15, 0.2) is 59.5 Å². The molecule has 0 fully saturated rings. The summed E-state index contributed by atoms with van der Waals surface area (Å²) in [5.41, 5.74) is 4.87. The molecule has 3 N–H and O–H groups in total. The van der Waals surface area contributed by atoms with Crippen LogP contribution < -0.4 is 10.6 Å². The van der Waals surface area contributed by atoms with Gasteiger partial charge in [0.25, 0.3) is 11.8 Å². The van der Waals surface area contributed by atoms with Gasteiger partial charge in [-0.2, -0.15) is 5.10 Å². The molecule has 0 aliphatic heterocycles. The SMILES string of the molecule is Cc1nc(-c2ccc3c(c2)CC[C@H]3NC(=O)c2cc(C(=O)NCc3ccc4cnoc4c3)ncn2)n[nH]1. The quantitative estimate of drug-likeness (QED) is 0.326. The van der Waals surface area contributed by atoms with Gasteiger partial charge in [-0.05, 0) is 54.7 Å². The zero-order valence-electron chi connectivity index (χ0n) is 19.9. The third-order valence-electron chi connectivity index (χ3n) is 6.39. The summed E-state index contributed by atoms with van der Waals surface area (Å²) in [5, 5.41) is 17.6. The highest BCUT2D eigenvalue weighted by Crippen LogP contribution is 2.33. The van der Waals surface area contributed by atoms with Gasteiger partial charge in [-0.25, -0.2) is 15.0 Å². The van der Waals surface area contributed by atoms with Gasteiger partial charge in [0.1, 0.15) is 23.5 Å². The van der Waals surface area contributed by atoms with Crippen molar-refractivity contribution in [1.82, 2.24) is 40.9 Å². The number of H-pyrrole nitrogens is 1. The van der Waals surface area contributed by atoms with Crippen molar-refractivity contribution in [3.05, 3.63) is 88.9 Å². The average molecular weight is 495 g/mol. The predicted molar refractivity (Wildman–Crippen MR) is 132 cm³/mol. The van der Waals surface area contributed by atoms with Crippen molar-refractivity contribution in [2.24, 2.45) is 0 Å². The first-order valence-electron chi connectivity index (χ1n) is 11.8. The zero-order valence-corrected chi connectivity index (χ0v) is 19.9. The van der Waals surface area contributed by atoms with Gasteiger partial charge in [-0.15, -0.1) is 0 Å². The van der Waals surface area contributed by atoms with Crippen LogP contribution in [-0.2, 0) is 13.0 Å². The third kappa shape index (κ3) is 4.54. The molecule has 37 heavy (non-hydrogen) atoms. The molecule has 3 heterocycles. The van der Waals surface area contributed by atoms with E-state index >= 15 is 0 Å². The van der Waals surface area contributed by atoms with E-state index < -0.39 is 5.91 Å². The Balaban J connectivity index is 1.11. The number of rotatable bonds is 6. The van der Waals surface area contributed by atoms with E-state index in [1.54, 1.807) is 6.20 Å². The summed E-state index contributed by atoms with van der Waals surface area (Å²) in [6.45, 7) is 2.13. The lowest BCUT2D eigenvalue weighted by Crippen LogP contribution is -2.29. The second kappa shape index (κ2) is 9.26. The van der Waals surface area contributed by atoms with E-state index in [-0.39, 0.29) is 29.9 Å². The Kier molecular flexibility index (Phi) is 5.64. The van der Waals surface area contributed by atoms with E-state index in [9.17, 15) is 9.59 Å². The molecule has 0 unspecified atom stereocenters. The Labute approximate surface area is 210 Å². The van der Waals surface area contributed by atoms with Gasteiger partial charge in [-0.3, -0.25) is 14.7 Å². The average Bonchev–Trinajstić information content (AvgIpc) is 3.67. The molecule has 5 aromatic rings. The maximum atomic E-state index is 13.0. The first kappa shape index (κ1) is 22.5. The first-order valence-corrected chi connectivity index (χ1v) is 11.8. The summed E-state index contributed by atoms with van der Waals surface area (Å²) >= 11 is 0. The number of hydrogen-bond donors (Lipinski definition) is 3. The summed E-state index contributed by atoms with van der Waals surface area (Å²) in [5.74, 6) is 0.637. The molecule has 0 spiro atoms. The van der Waals surface area contributed by atoms with Crippen LogP contribution >= 0.6 is 0 Å². The van der Waals surface area contributed by atoms with Gasteiger partial charge in [0.15, 0.2) is 11.4 Å². The van der Waals surface area contributed by atoms with Crippen molar-refractivity contribution in [3.8, 4) is 11.4 Å². The highest BCUT2D eigenvalue weighted by molar-refractivity contribution is 5.97. The van der Waals surface area contributed by atoms with Crippen molar-refractivity contribution >= 4 is 22.8 Å². The number of nitrogens with one attached hydrogen (secondary N) is 3. The van der Waals surface area contributed by atoms with E-state index in [0.717, 1.165) is 46.3 Å². The Hall–Kier alpha value is -4.93. The third-order valence-corrected chi connectivity index (χ3v) is 6.39. The largest absolute Gasteiger partial charge is 0.356 e. The minimum atomic E-state index is -0.407. The van der Waals surface area contributed by atoms with Crippen LogP contribution in [0.2, 0.25) is 0 Å². The van der Waals surface area contributed by atoms with Crippen LogP contribution in [0.5, 0.6) is 0 Å². The molecular weight excluding hydrogens is 472 g/mol. The Bertz CT molecular complexity index is 1640. The maximum absolute atomic E-state index is 13.0. The molecule has 1 aliphatic rings. The Morgan fingerprint density at radius 1 is 1.08 bits per heavy atom. The smallest absolute Gasteiger partial charge is 0.270 e. The first-order chi connectivity index (χ1) is 18.0. The summed E-state index contributed by atoms with van der Waals surface area (Å²) in [7, 11) is 0. The van der Waals surface area contributed by atoms with Crippen LogP contribution in [0.1, 0.15) is 56.0 Å². The molecule has 11 heteroatoms. The molecule has 2 amide bonds. The molecule has 1 aliphatic carbocycles. The molecule has 11 nitrogen and oxygen atoms in total. The molecule has 0 saturated carbocycles. The second-order valence-corrected chi connectivity index (χ2v) is 8.89. The molecule has 0 bridgehead atoms. The van der Waals surface area contributed by atoms with Crippen molar-refractivity contribution in [3.63, 3.8) is 0 Å². The fourth-order valence-corrected chi connectivity index (χ4v) is 4.50. The van der Waals surface area contributed by atoms with E-state index in [4.69, 9.17) is 4.52 Å². The zero-order chi connectivity index (χ0) is 25.4. The van der Waals surface area contributed by atoms with Gasteiger partial charge in [0.2, 0.25) is 0 Å². The molecule has 3 aromatic heterocycles. The fraction of sp³-hybridized carbons (Fsp3) is 0.192. The number of nitrogens with zero attached hydrogens (tertiary/aromatic N) is 5. The van der Waals surface area contributed by atoms with Crippen LogP contribution in [0.25, 0.3) is 22.4 Å². The van der Waals surface area contributed by atoms with Gasteiger partial charge in [0, 0.05) is 23.6 Å². The van der Waals surface area contributed by atoms with Gasteiger partial charge >= 0.3 is 0 Å². The Morgan fingerprint density at radius 3 is 2.78 bits per heavy atom. The lowest BCUT2D eigenvalue weighted by atomic mass is 10.0. The number of aromatic amines is 1. The summed E-state index contributed by atoms with van der Waals surface area (Å²) in [4.78, 5) is 38.2. The summed E-state index contributed by atoms with van der Waals surface area (Å²) in [6, 6.07) is 12.8. The van der Waals surface area contributed by atoms with E-state index in [2.05, 4.69) is 47.0 Å². The number of carbonyl (C=O) groups is 2. The van der Waals surface area contributed by atoms with Gasteiger partial charge in [-0.1, -0.05) is 23.4 Å². The van der Waals surface area contributed by atoms with E-state index in [1.165, 1.54) is 12.4 Å². The maximum Gasteiger partial charge on any atom is 0.270 e. The predicted octanol–water partition coefficient (Wildman–Crippen LogP) is 3.06. The van der Waals surface area contributed by atoms with Crippen molar-refractivity contribution < 1.29 is 14.1 Å². The molecule has 6 rings (SSSR count). The number of carbonyl (C=O) groups excluding carboxylic acids is 2. The van der Waals surface area contributed by atoms with Crippen LogP contribution in [0.4, 0.5) is 0 Å². The molecule has 1 atom stereocenters. The molecule has 184 valence electrons. The summed E-state index contributed by atoms with van der Waals surface area (Å²) in [6.07, 6.45) is 4.45. The lowest BCUT2D eigenvalue weighted by molar-refractivity contribution is 0.0931. The molecular formula is C26H22N8O3. The van der Waals surface area contributed by atoms with Crippen LogP contribution in [0.3, 0.4) is 0 Å². The summed E-state index contributed by atoms with van der Waals surface area (Å²) < 4.78 is 5.16. The number of aromatic nitrogens is 6. The fourth-order valence-electron chi connectivity index (χ4n) is 4.50. The lowest BCUT2D eigenvalue weighted by Gasteiger charge is -2.14. The number of hydrogen-bond acceptors (Lipinski definition) is 8. The number of aryl methyl sites for hydroxylation is 2. The van der Waals surface area contributed by atoms with Crippen molar-refractivity contribution in [2.45, 2.75) is 32.4 Å². The van der Waals surface area contributed by atoms with Crippen LogP contribution in [0, 0.1) is 6.92 Å². The highest BCUT2D eigenvalue weighted by Gasteiger charge is 2.26. The van der Waals surface area contributed by atoms with E-state index in [0.29, 0.717) is 11.4 Å². The van der Waals surface area contributed by atoms with Crippen LogP contribution in [-0.4, -0.2) is 42.1 Å².